The molecule has 0 aliphatic carbocycles. The molecular formula is C15H15N3O3S. The minimum atomic E-state index is -0.0285. The highest BCUT2D eigenvalue weighted by Gasteiger charge is 2.16. The molecule has 4 heterocycles. The Morgan fingerprint density at radius 1 is 1.45 bits per heavy atom. The summed E-state index contributed by atoms with van der Waals surface area (Å²) < 4.78 is 13.2. The molecule has 0 spiro atoms. The number of rotatable bonds is 4. The van der Waals surface area contributed by atoms with Crippen molar-refractivity contribution >= 4 is 31.8 Å². The summed E-state index contributed by atoms with van der Waals surface area (Å²) in [5.41, 5.74) is 0.707. The van der Waals surface area contributed by atoms with Gasteiger partial charge in [0.25, 0.3) is 5.56 Å². The molecule has 22 heavy (non-hydrogen) atoms. The van der Waals surface area contributed by atoms with Crippen molar-refractivity contribution in [3.63, 3.8) is 0 Å². The Morgan fingerprint density at radius 2 is 2.41 bits per heavy atom. The number of thiophene rings is 1. The normalized spacial score (nSPS) is 18.5. The third-order valence-electron chi connectivity index (χ3n) is 3.80. The minimum Gasteiger partial charge on any atom is -0.379 e. The van der Waals surface area contributed by atoms with Crippen molar-refractivity contribution in [3.8, 4) is 0 Å². The fourth-order valence-electron chi connectivity index (χ4n) is 2.62. The number of nitrogens with zero attached hydrogens (tertiary/aromatic N) is 3. The lowest BCUT2D eigenvalue weighted by Gasteiger charge is -2.10. The number of aromatic nitrogens is 3. The van der Waals surface area contributed by atoms with Crippen LogP contribution in [0.5, 0.6) is 0 Å². The summed E-state index contributed by atoms with van der Waals surface area (Å²) in [5, 5.41) is 0.936. The number of ether oxygens (including phenoxy) is 2. The smallest absolute Gasteiger partial charge is 0.271 e. The van der Waals surface area contributed by atoms with Gasteiger partial charge >= 0.3 is 0 Å². The molecule has 1 atom stereocenters. The zero-order valence-corrected chi connectivity index (χ0v) is 12.7. The number of hydrogen-bond donors (Lipinski definition) is 0. The highest BCUT2D eigenvalue weighted by atomic mass is 32.1. The van der Waals surface area contributed by atoms with Gasteiger partial charge in [-0.05, 0) is 18.6 Å². The number of hydrogen-bond acceptors (Lipinski definition) is 6. The highest BCUT2D eigenvalue weighted by molar-refractivity contribution is 7.25. The fraction of sp³-hybridized carbons (Fsp3) is 0.400. The molecule has 0 radical (unpaired) electrons. The molecule has 0 aromatic carbocycles. The highest BCUT2D eigenvalue weighted by Crippen LogP contribution is 2.27. The molecule has 0 N–H and O–H groups in total. The maximum absolute atomic E-state index is 12.6. The van der Waals surface area contributed by atoms with Crippen molar-refractivity contribution in [2.75, 3.05) is 19.8 Å². The first-order chi connectivity index (χ1) is 10.8. The molecule has 4 rings (SSSR count). The quantitative estimate of drug-likeness (QED) is 0.734. The van der Waals surface area contributed by atoms with Crippen LogP contribution in [0.1, 0.15) is 6.42 Å². The molecule has 1 aliphatic rings. The predicted molar refractivity (Wildman–Crippen MR) is 84.4 cm³/mol. The first-order valence-corrected chi connectivity index (χ1v) is 8.06. The van der Waals surface area contributed by atoms with E-state index in [9.17, 15) is 4.79 Å². The van der Waals surface area contributed by atoms with Crippen LogP contribution in [-0.2, 0) is 16.0 Å². The average Bonchev–Trinajstić information content (AvgIpc) is 3.17. The van der Waals surface area contributed by atoms with Crippen molar-refractivity contribution in [2.24, 2.45) is 0 Å². The van der Waals surface area contributed by atoms with Crippen LogP contribution in [0.25, 0.3) is 20.4 Å². The third-order valence-corrected chi connectivity index (χ3v) is 4.89. The summed E-state index contributed by atoms with van der Waals surface area (Å²) >= 11 is 1.39. The van der Waals surface area contributed by atoms with Crippen molar-refractivity contribution in [1.29, 1.82) is 0 Å². The maximum atomic E-state index is 12.6. The summed E-state index contributed by atoms with van der Waals surface area (Å²) in [6.45, 7) is 2.39. The number of fused-ring (bicyclic) bond motifs is 3. The van der Waals surface area contributed by atoms with E-state index in [4.69, 9.17) is 9.47 Å². The second-order valence-corrected chi connectivity index (χ2v) is 6.23. The maximum Gasteiger partial charge on any atom is 0.271 e. The van der Waals surface area contributed by atoms with Gasteiger partial charge in [0.1, 0.15) is 9.53 Å². The Bertz CT molecular complexity index is 867. The van der Waals surface area contributed by atoms with Crippen LogP contribution in [0.4, 0.5) is 0 Å². The lowest BCUT2D eigenvalue weighted by molar-refractivity contribution is 0.0380. The zero-order chi connectivity index (χ0) is 14.9. The molecule has 0 amide bonds. The summed E-state index contributed by atoms with van der Waals surface area (Å²) in [5.74, 6) is 0. The molecule has 1 fully saturated rings. The molecule has 1 unspecified atom stereocenters. The lowest BCUT2D eigenvalue weighted by Crippen LogP contribution is -2.24. The molecule has 0 bridgehead atoms. The molecular weight excluding hydrogens is 302 g/mol. The average molecular weight is 317 g/mol. The van der Waals surface area contributed by atoms with E-state index in [1.54, 1.807) is 17.1 Å². The molecule has 1 aliphatic heterocycles. The summed E-state index contributed by atoms with van der Waals surface area (Å²) in [7, 11) is 0. The van der Waals surface area contributed by atoms with Crippen molar-refractivity contribution in [1.82, 2.24) is 14.5 Å². The molecule has 3 aromatic rings. The van der Waals surface area contributed by atoms with E-state index in [0.717, 1.165) is 28.8 Å². The SMILES string of the molecule is O=c1c2sc3ncccc3c2ncn1CCOC1CCOC1. The molecule has 114 valence electrons. The summed E-state index contributed by atoms with van der Waals surface area (Å²) in [4.78, 5) is 22.1. The molecule has 7 heteroatoms. The fourth-order valence-corrected chi connectivity index (χ4v) is 3.67. The predicted octanol–water partition coefficient (Wildman–Crippen LogP) is 1.81. The summed E-state index contributed by atoms with van der Waals surface area (Å²) in [6, 6.07) is 3.81. The van der Waals surface area contributed by atoms with Crippen molar-refractivity contribution in [3.05, 3.63) is 35.0 Å². The second kappa shape index (κ2) is 5.75. The second-order valence-electron chi connectivity index (χ2n) is 5.24. The van der Waals surface area contributed by atoms with E-state index < -0.39 is 0 Å². The van der Waals surface area contributed by atoms with Crippen LogP contribution in [0, 0.1) is 0 Å². The molecule has 1 saturated heterocycles. The van der Waals surface area contributed by atoms with Crippen LogP contribution in [-0.4, -0.2) is 40.5 Å². The Kier molecular flexibility index (Phi) is 3.61. The van der Waals surface area contributed by atoms with E-state index in [-0.39, 0.29) is 11.7 Å². The van der Waals surface area contributed by atoms with Gasteiger partial charge in [0, 0.05) is 18.2 Å². The van der Waals surface area contributed by atoms with Gasteiger partial charge in [-0.15, -0.1) is 11.3 Å². The van der Waals surface area contributed by atoms with Gasteiger partial charge in [-0.3, -0.25) is 9.36 Å². The van der Waals surface area contributed by atoms with Crippen LogP contribution in [0.15, 0.2) is 29.5 Å². The number of pyridine rings is 1. The largest absolute Gasteiger partial charge is 0.379 e. The van der Waals surface area contributed by atoms with E-state index in [0.29, 0.717) is 24.5 Å². The van der Waals surface area contributed by atoms with Gasteiger partial charge in [0.2, 0.25) is 0 Å². The molecule has 3 aromatic heterocycles. The Balaban J connectivity index is 1.60. The van der Waals surface area contributed by atoms with Gasteiger partial charge in [-0.2, -0.15) is 0 Å². The Hall–Kier alpha value is -1.83. The van der Waals surface area contributed by atoms with Gasteiger partial charge in [-0.1, -0.05) is 0 Å². The lowest BCUT2D eigenvalue weighted by atomic mass is 10.3. The Labute approximate surface area is 130 Å². The molecule has 6 nitrogen and oxygen atoms in total. The van der Waals surface area contributed by atoms with Gasteiger partial charge in [-0.25, -0.2) is 9.97 Å². The van der Waals surface area contributed by atoms with Crippen LogP contribution < -0.4 is 5.56 Å². The van der Waals surface area contributed by atoms with E-state index >= 15 is 0 Å². The minimum absolute atomic E-state index is 0.0285. The topological polar surface area (TPSA) is 66.2 Å². The first-order valence-electron chi connectivity index (χ1n) is 7.25. The monoisotopic (exact) mass is 317 g/mol. The van der Waals surface area contributed by atoms with Crippen LogP contribution in [0.3, 0.4) is 0 Å². The van der Waals surface area contributed by atoms with E-state index in [1.807, 2.05) is 12.1 Å². The van der Waals surface area contributed by atoms with Gasteiger partial charge < -0.3 is 9.47 Å². The van der Waals surface area contributed by atoms with E-state index in [2.05, 4.69) is 9.97 Å². The molecule has 0 saturated carbocycles. The van der Waals surface area contributed by atoms with Crippen molar-refractivity contribution in [2.45, 2.75) is 19.1 Å². The van der Waals surface area contributed by atoms with Crippen molar-refractivity contribution < 1.29 is 9.47 Å². The Morgan fingerprint density at radius 3 is 3.27 bits per heavy atom. The van der Waals surface area contributed by atoms with Gasteiger partial charge in [0.05, 0.1) is 37.7 Å². The van der Waals surface area contributed by atoms with E-state index in [1.165, 1.54) is 11.3 Å². The zero-order valence-electron chi connectivity index (χ0n) is 11.9. The third kappa shape index (κ3) is 2.41. The van der Waals surface area contributed by atoms with Crippen LogP contribution >= 0.6 is 11.3 Å². The van der Waals surface area contributed by atoms with Gasteiger partial charge in [0.15, 0.2) is 0 Å². The standard InChI is InChI=1S/C15H15N3O3S/c19-15-13-12(11-2-1-4-16-14(11)22-13)17-9-18(15)5-7-21-10-3-6-20-8-10/h1-2,4,9-10H,3,5-8H2. The first kappa shape index (κ1) is 13.8. The summed E-state index contributed by atoms with van der Waals surface area (Å²) in [6.07, 6.45) is 4.40. The van der Waals surface area contributed by atoms with Crippen LogP contribution in [0.2, 0.25) is 0 Å².